The van der Waals surface area contributed by atoms with Crippen LogP contribution < -0.4 is 15.4 Å². The Kier molecular flexibility index (Phi) is 6.14. The van der Waals surface area contributed by atoms with Crippen molar-refractivity contribution in [2.24, 2.45) is 0 Å². The van der Waals surface area contributed by atoms with Crippen LogP contribution in [-0.2, 0) is 11.3 Å². The molecule has 1 aromatic carbocycles. The molecule has 0 aromatic heterocycles. The number of halogens is 1. The normalized spacial score (nSPS) is 9.79. The maximum atomic E-state index is 11.4. The van der Waals surface area contributed by atoms with E-state index in [1.165, 1.54) is 0 Å². The lowest BCUT2D eigenvalue weighted by Gasteiger charge is -2.08. The number of carboxylic acid groups (broad SMARTS) is 1. The molecular weight excluding hydrogens is 316 g/mol. The van der Waals surface area contributed by atoms with Crippen LogP contribution in [0.25, 0.3) is 0 Å². The van der Waals surface area contributed by atoms with Gasteiger partial charge < -0.3 is 20.5 Å². The summed E-state index contributed by atoms with van der Waals surface area (Å²) in [4.78, 5) is 21.6. The predicted molar refractivity (Wildman–Crippen MR) is 73.2 cm³/mol. The number of hydrogen-bond acceptors (Lipinski definition) is 3. The Labute approximate surface area is 119 Å². The summed E-state index contributed by atoms with van der Waals surface area (Å²) in [5.74, 6) is -0.228. The highest BCUT2D eigenvalue weighted by Gasteiger charge is 2.04. The Morgan fingerprint density at radius 3 is 2.68 bits per heavy atom. The zero-order chi connectivity index (χ0) is 14.3. The molecule has 2 amide bonds. The Morgan fingerprint density at radius 2 is 2.11 bits per heavy atom. The van der Waals surface area contributed by atoms with E-state index in [4.69, 9.17) is 9.84 Å². The molecule has 0 bridgehead atoms. The molecule has 19 heavy (non-hydrogen) atoms. The fourth-order valence-electron chi connectivity index (χ4n) is 1.35. The fraction of sp³-hybridized carbons (Fsp3) is 0.333. The Hall–Kier alpha value is -1.76. The van der Waals surface area contributed by atoms with Crippen molar-refractivity contribution in [3.63, 3.8) is 0 Å². The van der Waals surface area contributed by atoms with Gasteiger partial charge in [-0.05, 0) is 33.6 Å². The summed E-state index contributed by atoms with van der Waals surface area (Å²) < 4.78 is 5.91. The monoisotopic (exact) mass is 330 g/mol. The smallest absolute Gasteiger partial charge is 0.315 e. The van der Waals surface area contributed by atoms with Gasteiger partial charge in [0.25, 0.3) is 0 Å². The van der Waals surface area contributed by atoms with Crippen LogP contribution in [0, 0.1) is 0 Å². The molecule has 104 valence electrons. The number of carboxylic acids is 1. The van der Waals surface area contributed by atoms with Gasteiger partial charge in [0.05, 0.1) is 18.0 Å². The van der Waals surface area contributed by atoms with E-state index in [-0.39, 0.29) is 13.0 Å². The first-order valence-corrected chi connectivity index (χ1v) is 6.38. The van der Waals surface area contributed by atoms with E-state index in [0.29, 0.717) is 6.54 Å². The average Bonchev–Trinajstić information content (AvgIpc) is 2.36. The fourth-order valence-corrected chi connectivity index (χ4v) is 1.94. The number of rotatable bonds is 6. The molecule has 0 spiro atoms. The van der Waals surface area contributed by atoms with Gasteiger partial charge in [0.1, 0.15) is 5.75 Å². The largest absolute Gasteiger partial charge is 0.496 e. The minimum absolute atomic E-state index is 0.0957. The van der Waals surface area contributed by atoms with Crippen molar-refractivity contribution in [1.82, 2.24) is 10.6 Å². The molecule has 0 unspecified atom stereocenters. The van der Waals surface area contributed by atoms with Gasteiger partial charge in [-0.2, -0.15) is 0 Å². The lowest BCUT2D eigenvalue weighted by Crippen LogP contribution is -2.36. The number of carbonyl (C=O) groups is 2. The summed E-state index contributed by atoms with van der Waals surface area (Å²) in [6.07, 6.45) is -0.0957. The molecule has 6 nitrogen and oxygen atoms in total. The van der Waals surface area contributed by atoms with Crippen LogP contribution in [0.15, 0.2) is 22.7 Å². The maximum absolute atomic E-state index is 11.4. The molecule has 0 saturated heterocycles. The summed E-state index contributed by atoms with van der Waals surface area (Å²) in [6, 6.07) is 5.08. The third-order valence-electron chi connectivity index (χ3n) is 2.29. The molecule has 3 N–H and O–H groups in total. The molecule has 0 aliphatic carbocycles. The summed E-state index contributed by atoms with van der Waals surface area (Å²) in [6.45, 7) is 0.453. The SMILES string of the molecule is COc1ccc(CNC(=O)NCCC(=O)O)cc1Br. The van der Waals surface area contributed by atoms with Crippen LogP contribution >= 0.6 is 15.9 Å². The molecule has 0 radical (unpaired) electrons. The van der Waals surface area contributed by atoms with Crippen molar-refractivity contribution < 1.29 is 19.4 Å². The molecule has 0 atom stereocenters. The molecule has 0 aliphatic heterocycles. The molecule has 0 heterocycles. The number of urea groups is 1. The summed E-state index contributed by atoms with van der Waals surface area (Å²) in [5, 5.41) is 13.5. The van der Waals surface area contributed by atoms with Crippen molar-refractivity contribution in [3.8, 4) is 5.75 Å². The molecule has 0 fully saturated rings. The molecular formula is C12H15BrN2O4. The second-order valence-corrected chi connectivity index (χ2v) is 4.58. The van der Waals surface area contributed by atoms with Crippen LogP contribution in [0.1, 0.15) is 12.0 Å². The summed E-state index contributed by atoms with van der Waals surface area (Å²) >= 11 is 3.35. The number of benzene rings is 1. The van der Waals surface area contributed by atoms with E-state index in [1.807, 2.05) is 12.1 Å². The lowest BCUT2D eigenvalue weighted by molar-refractivity contribution is -0.136. The van der Waals surface area contributed by atoms with Crippen molar-refractivity contribution in [2.75, 3.05) is 13.7 Å². The van der Waals surface area contributed by atoms with Crippen molar-refractivity contribution in [2.45, 2.75) is 13.0 Å². The van der Waals surface area contributed by atoms with Crippen molar-refractivity contribution in [3.05, 3.63) is 28.2 Å². The van der Waals surface area contributed by atoms with E-state index in [1.54, 1.807) is 13.2 Å². The highest BCUT2D eigenvalue weighted by molar-refractivity contribution is 9.10. The maximum Gasteiger partial charge on any atom is 0.315 e. The van der Waals surface area contributed by atoms with E-state index in [9.17, 15) is 9.59 Å². The number of nitrogens with one attached hydrogen (secondary N) is 2. The van der Waals surface area contributed by atoms with Gasteiger partial charge in [0.15, 0.2) is 0 Å². The molecule has 0 aliphatic rings. The minimum atomic E-state index is -0.945. The van der Waals surface area contributed by atoms with Gasteiger partial charge >= 0.3 is 12.0 Å². The van der Waals surface area contributed by atoms with E-state index < -0.39 is 12.0 Å². The second-order valence-electron chi connectivity index (χ2n) is 3.72. The zero-order valence-electron chi connectivity index (χ0n) is 10.4. The molecule has 1 aromatic rings. The Balaban J connectivity index is 2.37. The minimum Gasteiger partial charge on any atom is -0.496 e. The standard InChI is InChI=1S/C12H15BrN2O4/c1-19-10-3-2-8(6-9(10)13)7-15-12(18)14-5-4-11(16)17/h2-3,6H,4-5,7H2,1H3,(H,16,17)(H2,14,15,18). The Morgan fingerprint density at radius 1 is 1.37 bits per heavy atom. The van der Waals surface area contributed by atoms with E-state index >= 15 is 0 Å². The quantitative estimate of drug-likeness (QED) is 0.741. The number of methoxy groups -OCH3 is 1. The number of amides is 2. The van der Waals surface area contributed by atoms with Crippen molar-refractivity contribution >= 4 is 27.9 Å². The van der Waals surface area contributed by atoms with Crippen LogP contribution in [0.3, 0.4) is 0 Å². The number of ether oxygens (including phenoxy) is 1. The first-order chi connectivity index (χ1) is 9.02. The van der Waals surface area contributed by atoms with Crippen molar-refractivity contribution in [1.29, 1.82) is 0 Å². The number of aliphatic carboxylic acids is 1. The number of carbonyl (C=O) groups excluding carboxylic acids is 1. The third-order valence-corrected chi connectivity index (χ3v) is 2.91. The highest BCUT2D eigenvalue weighted by Crippen LogP contribution is 2.25. The Bertz CT molecular complexity index is 465. The first kappa shape index (κ1) is 15.3. The van der Waals surface area contributed by atoms with Gasteiger partial charge in [-0.3, -0.25) is 4.79 Å². The summed E-state index contributed by atoms with van der Waals surface area (Å²) in [7, 11) is 1.58. The molecule has 1 rings (SSSR count). The zero-order valence-corrected chi connectivity index (χ0v) is 12.0. The van der Waals surface area contributed by atoms with E-state index in [2.05, 4.69) is 26.6 Å². The number of hydrogen-bond donors (Lipinski definition) is 3. The van der Waals surface area contributed by atoms with Gasteiger partial charge in [-0.1, -0.05) is 6.07 Å². The van der Waals surface area contributed by atoms with E-state index in [0.717, 1.165) is 15.8 Å². The van der Waals surface area contributed by atoms with Crippen LogP contribution in [-0.4, -0.2) is 30.8 Å². The van der Waals surface area contributed by atoms with Crippen LogP contribution in [0.2, 0.25) is 0 Å². The van der Waals surface area contributed by atoms with Gasteiger partial charge in [-0.25, -0.2) is 4.79 Å². The predicted octanol–water partition coefficient (Wildman–Crippen LogP) is 1.73. The second kappa shape index (κ2) is 7.63. The first-order valence-electron chi connectivity index (χ1n) is 5.59. The topological polar surface area (TPSA) is 87.7 Å². The highest BCUT2D eigenvalue weighted by atomic mass is 79.9. The average molecular weight is 331 g/mol. The molecule has 7 heteroatoms. The van der Waals surface area contributed by atoms with Gasteiger partial charge in [-0.15, -0.1) is 0 Å². The van der Waals surface area contributed by atoms with Gasteiger partial charge in [0, 0.05) is 13.1 Å². The molecule has 0 saturated carbocycles. The lowest BCUT2D eigenvalue weighted by atomic mass is 10.2. The summed E-state index contributed by atoms with van der Waals surface area (Å²) in [5.41, 5.74) is 0.904. The van der Waals surface area contributed by atoms with Crippen LogP contribution in [0.4, 0.5) is 4.79 Å². The van der Waals surface area contributed by atoms with Gasteiger partial charge in [0.2, 0.25) is 0 Å². The van der Waals surface area contributed by atoms with Crippen LogP contribution in [0.5, 0.6) is 5.75 Å². The third kappa shape index (κ3) is 5.60.